The molecule has 0 aliphatic heterocycles. The summed E-state index contributed by atoms with van der Waals surface area (Å²) in [6.45, 7) is 12.9. The van der Waals surface area contributed by atoms with E-state index in [9.17, 15) is 4.79 Å². The minimum Gasteiger partial charge on any atom is -0.295 e. The third kappa shape index (κ3) is 4.96. The van der Waals surface area contributed by atoms with Crippen LogP contribution in [0.5, 0.6) is 0 Å². The van der Waals surface area contributed by atoms with Gasteiger partial charge in [0.2, 0.25) is 0 Å². The highest BCUT2D eigenvalue weighted by Crippen LogP contribution is 2.13. The smallest absolute Gasteiger partial charge is 0.159 e. The average molecular weight is 202 g/mol. The van der Waals surface area contributed by atoms with Crippen molar-refractivity contribution in [2.24, 2.45) is 0 Å². The summed E-state index contributed by atoms with van der Waals surface area (Å²) < 4.78 is 0. The quantitative estimate of drug-likeness (QED) is 0.490. The zero-order valence-electron chi connectivity index (χ0n) is 9.71. The molecule has 0 aromatic rings. The van der Waals surface area contributed by atoms with E-state index in [1.165, 1.54) is 6.92 Å². The van der Waals surface area contributed by atoms with Crippen LogP contribution in [0.4, 0.5) is 0 Å². The summed E-state index contributed by atoms with van der Waals surface area (Å²) in [6.07, 6.45) is 9.14. The number of ketones is 1. The maximum Gasteiger partial charge on any atom is 0.159 e. The predicted octanol–water partition coefficient (Wildman–Crippen LogP) is 3.77. The Bertz CT molecular complexity index is 352. The fourth-order valence-electron chi connectivity index (χ4n) is 0.985. The van der Waals surface area contributed by atoms with Crippen molar-refractivity contribution in [2.45, 2.75) is 20.8 Å². The van der Waals surface area contributed by atoms with Gasteiger partial charge in [-0.2, -0.15) is 0 Å². The van der Waals surface area contributed by atoms with Crippen molar-refractivity contribution in [1.29, 1.82) is 0 Å². The van der Waals surface area contributed by atoms with Crippen LogP contribution >= 0.6 is 0 Å². The van der Waals surface area contributed by atoms with Gasteiger partial charge in [0.1, 0.15) is 0 Å². The zero-order chi connectivity index (χ0) is 11.8. The lowest BCUT2D eigenvalue weighted by molar-refractivity contribution is -0.113. The van der Waals surface area contributed by atoms with Crippen LogP contribution in [-0.2, 0) is 4.79 Å². The molecule has 1 nitrogen and oxygen atoms in total. The highest BCUT2D eigenvalue weighted by atomic mass is 16.1. The molecular weight excluding hydrogens is 184 g/mol. The number of Topliss-reactive ketones (excluding diaryl/α,β-unsaturated/α-hetero) is 1. The van der Waals surface area contributed by atoms with Gasteiger partial charge in [0.25, 0.3) is 0 Å². The van der Waals surface area contributed by atoms with Gasteiger partial charge in [-0.15, -0.1) is 0 Å². The molecule has 0 saturated heterocycles. The summed E-state index contributed by atoms with van der Waals surface area (Å²) in [5.74, 6) is 0.0117. The third-order valence-corrected chi connectivity index (χ3v) is 1.90. The Morgan fingerprint density at radius 3 is 2.13 bits per heavy atom. The van der Waals surface area contributed by atoms with Gasteiger partial charge >= 0.3 is 0 Å². The fraction of sp³-hybridized carbons (Fsp3) is 0.214. The lowest BCUT2D eigenvalue weighted by Gasteiger charge is -2.01. The molecule has 0 bridgehead atoms. The van der Waals surface area contributed by atoms with Crippen LogP contribution in [0.25, 0.3) is 0 Å². The molecule has 0 heterocycles. The Balaban J connectivity index is 5.20. The Labute approximate surface area is 92.2 Å². The van der Waals surface area contributed by atoms with Crippen molar-refractivity contribution in [3.63, 3.8) is 0 Å². The summed E-state index contributed by atoms with van der Waals surface area (Å²) >= 11 is 0. The van der Waals surface area contributed by atoms with Gasteiger partial charge < -0.3 is 0 Å². The molecular formula is C14H18O. The van der Waals surface area contributed by atoms with Gasteiger partial charge in [-0.3, -0.25) is 4.79 Å². The van der Waals surface area contributed by atoms with Gasteiger partial charge in [-0.25, -0.2) is 0 Å². The van der Waals surface area contributed by atoms with Gasteiger partial charge in [0, 0.05) is 5.57 Å². The van der Waals surface area contributed by atoms with Crippen LogP contribution in [0.2, 0.25) is 0 Å². The number of carbonyl (C=O) groups is 1. The molecule has 80 valence electrons. The van der Waals surface area contributed by atoms with E-state index < -0.39 is 0 Å². The second-order valence-corrected chi connectivity index (χ2v) is 3.29. The first-order chi connectivity index (χ1) is 7.02. The normalized spacial score (nSPS) is 13.0. The van der Waals surface area contributed by atoms with Crippen LogP contribution in [0.1, 0.15) is 20.8 Å². The van der Waals surface area contributed by atoms with E-state index >= 15 is 0 Å². The van der Waals surface area contributed by atoms with E-state index in [-0.39, 0.29) is 5.78 Å². The van der Waals surface area contributed by atoms with Crippen molar-refractivity contribution in [1.82, 2.24) is 0 Å². The van der Waals surface area contributed by atoms with Crippen molar-refractivity contribution >= 4 is 5.78 Å². The Hall–Kier alpha value is -1.63. The summed E-state index contributed by atoms with van der Waals surface area (Å²) in [6, 6.07) is 0. The Morgan fingerprint density at radius 1 is 1.20 bits per heavy atom. The minimum absolute atomic E-state index is 0.0117. The van der Waals surface area contributed by atoms with Crippen LogP contribution < -0.4 is 0 Å². The van der Waals surface area contributed by atoms with E-state index in [0.29, 0.717) is 5.57 Å². The number of carbonyl (C=O) groups excluding carboxylic acids is 1. The summed E-state index contributed by atoms with van der Waals surface area (Å²) in [4.78, 5) is 11.2. The molecule has 0 aromatic carbocycles. The summed E-state index contributed by atoms with van der Waals surface area (Å²) in [5.41, 5.74) is 2.47. The standard InChI is InChI=1S/C14H18O/c1-6-8-9-14(11(3)4)10-13(7-2)12(5)15/h6-10H,2-3H2,1,4-5H3/b8-6-,13-10+,14-9-. The van der Waals surface area contributed by atoms with E-state index in [4.69, 9.17) is 0 Å². The molecule has 1 heteroatoms. The van der Waals surface area contributed by atoms with E-state index in [2.05, 4.69) is 13.2 Å². The first kappa shape index (κ1) is 13.4. The topological polar surface area (TPSA) is 17.1 Å². The molecule has 0 aromatic heterocycles. The molecule has 0 saturated carbocycles. The Kier molecular flexibility index (Phi) is 6.03. The first-order valence-corrected chi connectivity index (χ1v) is 4.86. The predicted molar refractivity (Wildman–Crippen MR) is 66.7 cm³/mol. The van der Waals surface area contributed by atoms with Crippen molar-refractivity contribution in [2.75, 3.05) is 0 Å². The average Bonchev–Trinajstić information content (AvgIpc) is 2.17. The number of rotatable bonds is 5. The van der Waals surface area contributed by atoms with E-state index in [0.717, 1.165) is 11.1 Å². The molecule has 0 fully saturated rings. The van der Waals surface area contributed by atoms with Crippen LogP contribution in [0.15, 0.2) is 60.3 Å². The van der Waals surface area contributed by atoms with E-state index in [1.807, 2.05) is 32.1 Å². The zero-order valence-corrected chi connectivity index (χ0v) is 9.71. The number of hydrogen-bond donors (Lipinski definition) is 0. The minimum atomic E-state index is 0.0117. The highest BCUT2D eigenvalue weighted by Gasteiger charge is 2.00. The molecule has 0 atom stereocenters. The highest BCUT2D eigenvalue weighted by molar-refractivity contribution is 5.96. The number of allylic oxidation sites excluding steroid dienone is 8. The third-order valence-electron chi connectivity index (χ3n) is 1.90. The second kappa shape index (κ2) is 6.77. The molecule has 0 radical (unpaired) electrons. The molecule has 0 amide bonds. The molecule has 0 N–H and O–H groups in total. The van der Waals surface area contributed by atoms with Crippen LogP contribution in [-0.4, -0.2) is 5.78 Å². The van der Waals surface area contributed by atoms with Gasteiger partial charge in [0.15, 0.2) is 5.78 Å². The second-order valence-electron chi connectivity index (χ2n) is 3.29. The lowest BCUT2D eigenvalue weighted by Crippen LogP contribution is -1.94. The molecule has 0 aliphatic carbocycles. The SMILES string of the molecule is C=C\C(=C/C(=C/C=C\C)C(=C)C)C(C)=O. The van der Waals surface area contributed by atoms with Crippen LogP contribution in [0.3, 0.4) is 0 Å². The van der Waals surface area contributed by atoms with E-state index in [1.54, 1.807) is 12.2 Å². The summed E-state index contributed by atoms with van der Waals surface area (Å²) in [5, 5.41) is 0. The first-order valence-electron chi connectivity index (χ1n) is 4.86. The van der Waals surface area contributed by atoms with Gasteiger partial charge in [-0.1, -0.05) is 43.0 Å². The molecule has 0 spiro atoms. The monoisotopic (exact) mass is 202 g/mol. The number of hydrogen-bond acceptors (Lipinski definition) is 1. The van der Waals surface area contributed by atoms with Crippen molar-refractivity contribution in [3.05, 3.63) is 60.3 Å². The molecule has 0 unspecified atom stereocenters. The Morgan fingerprint density at radius 2 is 1.80 bits per heavy atom. The summed E-state index contributed by atoms with van der Waals surface area (Å²) in [7, 11) is 0. The van der Waals surface area contributed by atoms with Gasteiger partial charge in [0.05, 0.1) is 0 Å². The van der Waals surface area contributed by atoms with Gasteiger partial charge in [-0.05, 0) is 32.4 Å². The fourth-order valence-corrected chi connectivity index (χ4v) is 0.985. The largest absolute Gasteiger partial charge is 0.295 e. The molecule has 15 heavy (non-hydrogen) atoms. The molecule has 0 aliphatic rings. The van der Waals surface area contributed by atoms with Crippen molar-refractivity contribution in [3.8, 4) is 0 Å². The maximum absolute atomic E-state index is 11.2. The van der Waals surface area contributed by atoms with Crippen molar-refractivity contribution < 1.29 is 4.79 Å². The van der Waals surface area contributed by atoms with Crippen LogP contribution in [0, 0.1) is 0 Å². The molecule has 0 rings (SSSR count). The maximum atomic E-state index is 11.2. The lowest BCUT2D eigenvalue weighted by atomic mass is 10.0.